The molecule has 0 bridgehead atoms. The number of ether oxygens (including phenoxy) is 2. The fraction of sp³-hybridized carbons (Fsp3) is 0.807. The summed E-state index contributed by atoms with van der Waals surface area (Å²) in [6, 6.07) is -0.830. The molecule has 9 heteroatoms. The largest absolute Gasteiger partial charge is 0.394 e. The van der Waals surface area contributed by atoms with E-state index in [0.29, 0.717) is 6.42 Å². The first-order chi connectivity index (χ1) is 32.3. The SMILES string of the molecule is CC/C=C\C/C=C\C/C=C\CCCCCCCCCC(=O)NC(COC1OC(CO)C(O)C(O)C1O)C(O)/C=C/CC/C=C/CCCCCCCCCCCCCCCCCCCCCC. The topological polar surface area (TPSA) is 149 Å². The number of aliphatic hydroxyl groups is 5. The second-order valence-corrected chi connectivity index (χ2v) is 19.0. The number of nitrogens with one attached hydrogen (secondary N) is 1. The van der Waals surface area contributed by atoms with E-state index in [0.717, 1.165) is 70.6 Å². The van der Waals surface area contributed by atoms with Gasteiger partial charge in [-0.2, -0.15) is 0 Å². The Hall–Kier alpha value is -2.11. The molecular formula is C57H103NO8. The molecule has 6 N–H and O–H groups in total. The van der Waals surface area contributed by atoms with Crippen molar-refractivity contribution in [1.29, 1.82) is 0 Å². The summed E-state index contributed by atoms with van der Waals surface area (Å²) in [6.07, 6.45) is 55.7. The van der Waals surface area contributed by atoms with Crippen LogP contribution in [0.5, 0.6) is 0 Å². The van der Waals surface area contributed by atoms with Crippen molar-refractivity contribution in [2.45, 2.75) is 281 Å². The van der Waals surface area contributed by atoms with Gasteiger partial charge in [-0.05, 0) is 64.2 Å². The van der Waals surface area contributed by atoms with Crippen LogP contribution in [0.1, 0.15) is 239 Å². The first-order valence-electron chi connectivity index (χ1n) is 27.5. The molecule has 0 aromatic heterocycles. The molecule has 1 aliphatic heterocycles. The fourth-order valence-corrected chi connectivity index (χ4v) is 8.48. The van der Waals surface area contributed by atoms with Crippen LogP contribution in [0.25, 0.3) is 0 Å². The Labute approximate surface area is 405 Å². The second kappa shape index (κ2) is 46.6. The Balaban J connectivity index is 2.27. The molecular weight excluding hydrogens is 827 g/mol. The molecule has 1 rings (SSSR count). The van der Waals surface area contributed by atoms with Gasteiger partial charge in [0.15, 0.2) is 6.29 Å². The van der Waals surface area contributed by atoms with E-state index in [4.69, 9.17) is 9.47 Å². The first-order valence-corrected chi connectivity index (χ1v) is 27.5. The van der Waals surface area contributed by atoms with Crippen molar-refractivity contribution < 1.29 is 39.8 Å². The van der Waals surface area contributed by atoms with Crippen LogP contribution < -0.4 is 5.32 Å². The molecule has 1 amide bonds. The Kier molecular flexibility index (Phi) is 43.7. The number of carbonyl (C=O) groups excluding carboxylic acids is 1. The lowest BCUT2D eigenvalue weighted by atomic mass is 9.99. The van der Waals surface area contributed by atoms with E-state index >= 15 is 0 Å². The van der Waals surface area contributed by atoms with E-state index in [1.807, 2.05) is 6.08 Å². The highest BCUT2D eigenvalue weighted by Crippen LogP contribution is 2.23. The third kappa shape index (κ3) is 36.0. The molecule has 1 heterocycles. The van der Waals surface area contributed by atoms with E-state index < -0.39 is 49.5 Å². The molecule has 0 aromatic rings. The van der Waals surface area contributed by atoms with E-state index in [-0.39, 0.29) is 12.5 Å². The van der Waals surface area contributed by atoms with Crippen LogP contribution in [0.15, 0.2) is 60.8 Å². The molecule has 0 radical (unpaired) electrons. The van der Waals surface area contributed by atoms with Crippen LogP contribution in [0.2, 0.25) is 0 Å². The summed E-state index contributed by atoms with van der Waals surface area (Å²) in [7, 11) is 0. The lowest BCUT2D eigenvalue weighted by Gasteiger charge is -2.40. The Morgan fingerprint density at radius 3 is 1.45 bits per heavy atom. The average molecular weight is 930 g/mol. The van der Waals surface area contributed by atoms with Gasteiger partial charge in [0.25, 0.3) is 0 Å². The quantitative estimate of drug-likeness (QED) is 0.0261. The molecule has 0 saturated carbocycles. The van der Waals surface area contributed by atoms with Crippen molar-refractivity contribution in [1.82, 2.24) is 5.32 Å². The monoisotopic (exact) mass is 930 g/mol. The van der Waals surface area contributed by atoms with Gasteiger partial charge in [0.05, 0.1) is 25.4 Å². The highest BCUT2D eigenvalue weighted by molar-refractivity contribution is 5.76. The van der Waals surface area contributed by atoms with Crippen LogP contribution in [-0.2, 0) is 14.3 Å². The molecule has 1 aliphatic rings. The molecule has 0 aromatic carbocycles. The summed E-state index contributed by atoms with van der Waals surface area (Å²) in [4.78, 5) is 13.0. The van der Waals surface area contributed by atoms with E-state index in [1.54, 1.807) is 6.08 Å². The summed E-state index contributed by atoms with van der Waals surface area (Å²) in [5.74, 6) is -0.197. The van der Waals surface area contributed by atoms with Crippen molar-refractivity contribution >= 4 is 5.91 Å². The van der Waals surface area contributed by atoms with Gasteiger partial charge in [-0.3, -0.25) is 4.79 Å². The minimum Gasteiger partial charge on any atom is -0.394 e. The minimum atomic E-state index is -1.58. The lowest BCUT2D eigenvalue weighted by molar-refractivity contribution is -0.302. The van der Waals surface area contributed by atoms with Crippen molar-refractivity contribution in [2.24, 2.45) is 0 Å². The van der Waals surface area contributed by atoms with Gasteiger partial charge in [-0.15, -0.1) is 0 Å². The molecule has 7 unspecified atom stereocenters. The lowest BCUT2D eigenvalue weighted by Crippen LogP contribution is -2.60. The minimum absolute atomic E-state index is 0.197. The number of rotatable bonds is 46. The van der Waals surface area contributed by atoms with Crippen molar-refractivity contribution in [3.8, 4) is 0 Å². The highest BCUT2D eigenvalue weighted by Gasteiger charge is 2.44. The van der Waals surface area contributed by atoms with Crippen molar-refractivity contribution in [3.05, 3.63) is 60.8 Å². The van der Waals surface area contributed by atoms with Crippen LogP contribution in [0, 0.1) is 0 Å². The van der Waals surface area contributed by atoms with E-state index in [1.165, 1.54) is 148 Å². The van der Waals surface area contributed by atoms with Crippen molar-refractivity contribution in [3.63, 3.8) is 0 Å². The zero-order chi connectivity index (χ0) is 48.0. The normalized spacial score (nSPS) is 20.3. The summed E-state index contributed by atoms with van der Waals surface area (Å²) >= 11 is 0. The van der Waals surface area contributed by atoms with Gasteiger partial charge in [-0.25, -0.2) is 0 Å². The second-order valence-electron chi connectivity index (χ2n) is 19.0. The number of hydrogen-bond acceptors (Lipinski definition) is 8. The number of unbranched alkanes of at least 4 members (excludes halogenated alkanes) is 28. The maximum atomic E-state index is 13.0. The zero-order valence-electron chi connectivity index (χ0n) is 42.4. The molecule has 0 spiro atoms. The number of amides is 1. The summed E-state index contributed by atoms with van der Waals surface area (Å²) in [5.41, 5.74) is 0. The van der Waals surface area contributed by atoms with Crippen LogP contribution in [0.3, 0.4) is 0 Å². The third-order valence-corrected chi connectivity index (χ3v) is 12.8. The number of allylic oxidation sites excluding steroid dienone is 9. The average Bonchev–Trinajstić information content (AvgIpc) is 3.32. The fourth-order valence-electron chi connectivity index (χ4n) is 8.48. The van der Waals surface area contributed by atoms with Crippen LogP contribution >= 0.6 is 0 Å². The standard InChI is InChI=1S/C57H103NO8/c1-3-5-7-9-11-13-15-17-19-21-22-23-24-25-26-27-28-29-31-32-34-36-38-40-42-44-46-51(60)50(49-65-57-56(64)55(63)54(62)52(48-59)66-57)58-53(61)47-45-43-41-39-37-35-33-30-20-18-16-14-12-10-8-6-4-2/h6,8,12,14,18,20,36,38,44,46,50-52,54-57,59-60,62-64H,3-5,7,9-11,13,15-17,19,21-35,37,39-43,45,47-49H2,1-2H3,(H,58,61)/b8-6-,14-12-,20-18-,38-36+,46-44+. The Morgan fingerprint density at radius 1 is 0.530 bits per heavy atom. The summed E-state index contributed by atoms with van der Waals surface area (Å²) < 4.78 is 11.2. The molecule has 1 saturated heterocycles. The van der Waals surface area contributed by atoms with Gasteiger partial charge in [0.1, 0.15) is 24.4 Å². The van der Waals surface area contributed by atoms with Gasteiger partial charge in [0.2, 0.25) is 5.91 Å². The smallest absolute Gasteiger partial charge is 0.220 e. The Morgan fingerprint density at radius 2 is 0.955 bits per heavy atom. The summed E-state index contributed by atoms with van der Waals surface area (Å²) in [6.45, 7) is 3.66. The predicted molar refractivity (Wildman–Crippen MR) is 276 cm³/mol. The molecule has 7 atom stereocenters. The number of carbonyl (C=O) groups is 1. The van der Waals surface area contributed by atoms with Gasteiger partial charge < -0.3 is 40.3 Å². The van der Waals surface area contributed by atoms with Gasteiger partial charge in [-0.1, -0.05) is 229 Å². The van der Waals surface area contributed by atoms with Crippen molar-refractivity contribution in [2.75, 3.05) is 13.2 Å². The Bertz CT molecular complexity index is 1220. The first kappa shape index (κ1) is 61.9. The zero-order valence-corrected chi connectivity index (χ0v) is 42.4. The maximum Gasteiger partial charge on any atom is 0.220 e. The highest BCUT2D eigenvalue weighted by atomic mass is 16.7. The maximum absolute atomic E-state index is 13.0. The third-order valence-electron chi connectivity index (χ3n) is 12.8. The molecule has 9 nitrogen and oxygen atoms in total. The molecule has 66 heavy (non-hydrogen) atoms. The van der Waals surface area contributed by atoms with Gasteiger partial charge >= 0.3 is 0 Å². The van der Waals surface area contributed by atoms with E-state index in [2.05, 4.69) is 67.8 Å². The summed E-state index contributed by atoms with van der Waals surface area (Å²) in [5, 5.41) is 54.4. The molecule has 0 aliphatic carbocycles. The van der Waals surface area contributed by atoms with Gasteiger partial charge in [0, 0.05) is 6.42 Å². The number of hydrogen-bond donors (Lipinski definition) is 6. The predicted octanol–water partition coefficient (Wildman–Crippen LogP) is 13.1. The number of aliphatic hydroxyl groups excluding tert-OH is 5. The van der Waals surface area contributed by atoms with Crippen LogP contribution in [0.4, 0.5) is 0 Å². The molecule has 384 valence electrons. The van der Waals surface area contributed by atoms with E-state index in [9.17, 15) is 30.3 Å². The van der Waals surface area contributed by atoms with Crippen LogP contribution in [-0.4, -0.2) is 87.5 Å². The molecule has 1 fully saturated rings.